The van der Waals surface area contributed by atoms with E-state index in [4.69, 9.17) is 32.7 Å². The lowest BCUT2D eigenvalue weighted by Crippen LogP contribution is -2.13. The molecule has 1 aliphatic heterocycles. The third kappa shape index (κ3) is 2.90. The molecular formula is C12H13BrCl2O2. The zero-order valence-corrected chi connectivity index (χ0v) is 12.5. The first-order valence-electron chi connectivity index (χ1n) is 5.42. The van der Waals surface area contributed by atoms with Gasteiger partial charge in [-0.2, -0.15) is 0 Å². The first kappa shape index (κ1) is 13.5. The number of hydrogen-bond donors (Lipinski definition) is 0. The molecule has 0 radical (unpaired) electrons. The second kappa shape index (κ2) is 5.79. The predicted octanol–water partition coefficient (Wildman–Crippen LogP) is 4.57. The highest BCUT2D eigenvalue weighted by Gasteiger charge is 2.28. The van der Waals surface area contributed by atoms with Crippen LogP contribution in [0.15, 0.2) is 16.6 Å². The molecule has 1 fully saturated rings. The highest BCUT2D eigenvalue weighted by atomic mass is 79.9. The van der Waals surface area contributed by atoms with Crippen LogP contribution in [-0.4, -0.2) is 19.8 Å². The molecule has 0 spiro atoms. The Hall–Kier alpha value is 0.0400. The highest BCUT2D eigenvalue weighted by molar-refractivity contribution is 9.10. The molecule has 17 heavy (non-hydrogen) atoms. The Morgan fingerprint density at radius 2 is 2.29 bits per heavy atom. The number of benzene rings is 1. The van der Waals surface area contributed by atoms with Gasteiger partial charge in [-0.25, -0.2) is 0 Å². The molecule has 1 heterocycles. The minimum Gasteiger partial charge on any atom is -0.495 e. The minimum absolute atomic E-state index is 0.0379. The van der Waals surface area contributed by atoms with Gasteiger partial charge in [0, 0.05) is 17.2 Å². The Kier molecular flexibility index (Phi) is 4.59. The summed E-state index contributed by atoms with van der Waals surface area (Å²) >= 11 is 15.9. The number of rotatable bonds is 3. The standard InChI is InChI=1S/C12H13BrCl2O2/c1-16-12-8(5-7(14)6-9(12)13)11(15)10-3-2-4-17-10/h5-6,10-11H,2-4H2,1H3. The van der Waals surface area contributed by atoms with Crippen LogP contribution in [0.25, 0.3) is 0 Å². The average molecular weight is 340 g/mol. The molecule has 0 aliphatic carbocycles. The van der Waals surface area contributed by atoms with Crippen LogP contribution in [0.4, 0.5) is 0 Å². The molecule has 1 aliphatic rings. The fraction of sp³-hybridized carbons (Fsp3) is 0.500. The maximum atomic E-state index is 6.46. The largest absolute Gasteiger partial charge is 0.495 e. The first-order valence-corrected chi connectivity index (χ1v) is 7.03. The van der Waals surface area contributed by atoms with E-state index in [1.54, 1.807) is 13.2 Å². The van der Waals surface area contributed by atoms with E-state index in [2.05, 4.69) is 15.9 Å². The maximum Gasteiger partial charge on any atom is 0.137 e. The number of alkyl halides is 1. The Bertz CT molecular complexity index is 406. The zero-order valence-electron chi connectivity index (χ0n) is 9.38. The van der Waals surface area contributed by atoms with Crippen molar-refractivity contribution in [3.05, 3.63) is 27.2 Å². The summed E-state index contributed by atoms with van der Waals surface area (Å²) in [6.07, 6.45) is 2.07. The van der Waals surface area contributed by atoms with Gasteiger partial charge in [0.1, 0.15) is 5.75 Å². The van der Waals surface area contributed by atoms with Crippen molar-refractivity contribution < 1.29 is 9.47 Å². The molecule has 94 valence electrons. The summed E-state index contributed by atoms with van der Waals surface area (Å²) < 4.78 is 11.8. The number of ether oxygens (including phenoxy) is 2. The van der Waals surface area contributed by atoms with Gasteiger partial charge in [0.05, 0.1) is 23.1 Å². The van der Waals surface area contributed by atoms with Gasteiger partial charge in [-0.05, 0) is 40.9 Å². The molecule has 1 aromatic rings. The number of halogens is 3. The first-order chi connectivity index (χ1) is 8.13. The summed E-state index contributed by atoms with van der Waals surface area (Å²) in [4.78, 5) is 0. The number of hydrogen-bond acceptors (Lipinski definition) is 2. The molecule has 0 amide bonds. The van der Waals surface area contributed by atoms with Gasteiger partial charge in [0.25, 0.3) is 0 Å². The van der Waals surface area contributed by atoms with Crippen LogP contribution in [0.3, 0.4) is 0 Å². The fourth-order valence-corrected chi connectivity index (χ4v) is 3.39. The van der Waals surface area contributed by atoms with E-state index in [9.17, 15) is 0 Å². The Balaban J connectivity index is 2.35. The van der Waals surface area contributed by atoms with E-state index in [1.165, 1.54) is 0 Å². The summed E-state index contributed by atoms with van der Waals surface area (Å²) in [6, 6.07) is 3.63. The Labute approximate surface area is 119 Å². The van der Waals surface area contributed by atoms with Crippen LogP contribution in [0.5, 0.6) is 5.75 Å². The van der Waals surface area contributed by atoms with E-state index in [0.717, 1.165) is 35.2 Å². The molecule has 0 aromatic heterocycles. The van der Waals surface area contributed by atoms with Crippen LogP contribution in [0.1, 0.15) is 23.8 Å². The van der Waals surface area contributed by atoms with Crippen LogP contribution in [-0.2, 0) is 4.74 Å². The Morgan fingerprint density at radius 1 is 1.53 bits per heavy atom. The van der Waals surface area contributed by atoms with Crippen molar-refractivity contribution in [3.63, 3.8) is 0 Å². The fourth-order valence-electron chi connectivity index (χ4n) is 2.03. The quantitative estimate of drug-likeness (QED) is 0.751. The monoisotopic (exact) mass is 338 g/mol. The molecular weight excluding hydrogens is 327 g/mol. The molecule has 1 aromatic carbocycles. The molecule has 0 N–H and O–H groups in total. The predicted molar refractivity (Wildman–Crippen MR) is 73.3 cm³/mol. The van der Waals surface area contributed by atoms with E-state index < -0.39 is 0 Å². The highest BCUT2D eigenvalue weighted by Crippen LogP contribution is 2.42. The van der Waals surface area contributed by atoms with E-state index in [1.807, 2.05) is 6.07 Å². The van der Waals surface area contributed by atoms with Crippen molar-refractivity contribution in [2.75, 3.05) is 13.7 Å². The Morgan fingerprint density at radius 3 is 2.88 bits per heavy atom. The molecule has 5 heteroatoms. The SMILES string of the molecule is COc1c(Br)cc(Cl)cc1C(Cl)C1CCCO1. The molecule has 0 bridgehead atoms. The van der Waals surface area contributed by atoms with Gasteiger partial charge in [-0.3, -0.25) is 0 Å². The minimum atomic E-state index is -0.234. The topological polar surface area (TPSA) is 18.5 Å². The van der Waals surface area contributed by atoms with E-state index in [-0.39, 0.29) is 11.5 Å². The van der Waals surface area contributed by atoms with Gasteiger partial charge >= 0.3 is 0 Å². The maximum absolute atomic E-state index is 6.46. The van der Waals surface area contributed by atoms with Crippen LogP contribution >= 0.6 is 39.1 Å². The van der Waals surface area contributed by atoms with Gasteiger partial charge in [-0.1, -0.05) is 11.6 Å². The van der Waals surface area contributed by atoms with Gasteiger partial charge in [0.15, 0.2) is 0 Å². The second-order valence-electron chi connectivity index (χ2n) is 3.96. The van der Waals surface area contributed by atoms with Gasteiger partial charge in [0.2, 0.25) is 0 Å². The lowest BCUT2D eigenvalue weighted by Gasteiger charge is -2.20. The summed E-state index contributed by atoms with van der Waals surface area (Å²) in [5, 5.41) is 0.402. The lowest BCUT2D eigenvalue weighted by molar-refractivity contribution is 0.107. The summed E-state index contributed by atoms with van der Waals surface area (Å²) in [7, 11) is 1.62. The third-order valence-electron chi connectivity index (χ3n) is 2.83. The number of methoxy groups -OCH3 is 1. The van der Waals surface area contributed by atoms with Crippen molar-refractivity contribution in [1.29, 1.82) is 0 Å². The molecule has 0 saturated carbocycles. The zero-order chi connectivity index (χ0) is 12.4. The average Bonchev–Trinajstić information content (AvgIpc) is 2.80. The lowest BCUT2D eigenvalue weighted by atomic mass is 10.0. The van der Waals surface area contributed by atoms with Crippen molar-refractivity contribution in [1.82, 2.24) is 0 Å². The van der Waals surface area contributed by atoms with Crippen LogP contribution in [0.2, 0.25) is 5.02 Å². The molecule has 2 unspecified atom stereocenters. The van der Waals surface area contributed by atoms with E-state index >= 15 is 0 Å². The summed E-state index contributed by atoms with van der Waals surface area (Å²) in [5.41, 5.74) is 0.875. The smallest absolute Gasteiger partial charge is 0.137 e. The van der Waals surface area contributed by atoms with Crippen LogP contribution < -0.4 is 4.74 Å². The molecule has 1 saturated heterocycles. The van der Waals surface area contributed by atoms with Crippen molar-refractivity contribution in [2.45, 2.75) is 24.3 Å². The van der Waals surface area contributed by atoms with Crippen molar-refractivity contribution in [3.8, 4) is 5.75 Å². The van der Waals surface area contributed by atoms with Gasteiger partial charge < -0.3 is 9.47 Å². The van der Waals surface area contributed by atoms with Crippen molar-refractivity contribution in [2.24, 2.45) is 0 Å². The van der Waals surface area contributed by atoms with Crippen molar-refractivity contribution >= 4 is 39.1 Å². The van der Waals surface area contributed by atoms with E-state index in [0.29, 0.717) is 5.02 Å². The summed E-state index contributed by atoms with van der Waals surface area (Å²) in [6.45, 7) is 0.776. The summed E-state index contributed by atoms with van der Waals surface area (Å²) in [5.74, 6) is 0.727. The van der Waals surface area contributed by atoms with Crippen LogP contribution in [0, 0.1) is 0 Å². The molecule has 2 nitrogen and oxygen atoms in total. The normalized spacial score (nSPS) is 21.5. The third-order valence-corrected chi connectivity index (χ3v) is 4.15. The molecule has 2 atom stereocenters. The molecule has 2 rings (SSSR count). The van der Waals surface area contributed by atoms with Gasteiger partial charge in [-0.15, -0.1) is 11.6 Å². The second-order valence-corrected chi connectivity index (χ2v) is 5.72.